The van der Waals surface area contributed by atoms with Gasteiger partial charge in [0.1, 0.15) is 23.3 Å². The van der Waals surface area contributed by atoms with Gasteiger partial charge in [0.2, 0.25) is 0 Å². The summed E-state index contributed by atoms with van der Waals surface area (Å²) in [6.07, 6.45) is 1.74. The first kappa shape index (κ1) is 18.4. The lowest BCUT2D eigenvalue weighted by Crippen LogP contribution is -2.49. The third-order valence-corrected chi connectivity index (χ3v) is 5.61. The molecular formula is C20H22N6OS. The van der Waals surface area contributed by atoms with E-state index in [4.69, 9.17) is 0 Å². The molecule has 0 aromatic carbocycles. The van der Waals surface area contributed by atoms with Gasteiger partial charge in [-0.3, -0.25) is 4.79 Å². The average Bonchev–Trinajstić information content (AvgIpc) is 3.14. The molecule has 0 radical (unpaired) electrons. The van der Waals surface area contributed by atoms with E-state index < -0.39 is 0 Å². The molecule has 0 aliphatic carbocycles. The molecule has 1 aliphatic heterocycles. The Morgan fingerprint density at radius 2 is 1.89 bits per heavy atom. The zero-order valence-electron chi connectivity index (χ0n) is 15.9. The van der Waals surface area contributed by atoms with Crippen LogP contribution in [0.15, 0.2) is 41.9 Å². The van der Waals surface area contributed by atoms with Gasteiger partial charge in [-0.2, -0.15) is 0 Å². The van der Waals surface area contributed by atoms with Crippen molar-refractivity contribution in [3.8, 4) is 0 Å². The number of aryl methyl sites for hydroxylation is 2. The highest BCUT2D eigenvalue weighted by Crippen LogP contribution is 2.22. The van der Waals surface area contributed by atoms with E-state index in [-0.39, 0.29) is 5.91 Å². The fourth-order valence-electron chi connectivity index (χ4n) is 3.18. The molecule has 0 saturated carbocycles. The summed E-state index contributed by atoms with van der Waals surface area (Å²) in [4.78, 5) is 30.9. The van der Waals surface area contributed by atoms with Crippen LogP contribution in [0.5, 0.6) is 0 Å². The number of aromatic nitrogens is 3. The number of piperazine rings is 1. The van der Waals surface area contributed by atoms with Crippen LogP contribution in [0.4, 0.5) is 17.5 Å². The maximum absolute atomic E-state index is 12.6. The van der Waals surface area contributed by atoms with Crippen LogP contribution in [0.25, 0.3) is 0 Å². The fourth-order valence-corrected chi connectivity index (χ4v) is 4.05. The molecule has 1 aliphatic rings. The maximum atomic E-state index is 12.6. The Morgan fingerprint density at radius 3 is 2.57 bits per heavy atom. The monoisotopic (exact) mass is 394 g/mol. The van der Waals surface area contributed by atoms with Crippen LogP contribution in [0.3, 0.4) is 0 Å². The summed E-state index contributed by atoms with van der Waals surface area (Å²) in [6, 6.07) is 9.59. The number of rotatable bonds is 4. The highest BCUT2D eigenvalue weighted by Gasteiger charge is 2.24. The molecule has 0 bridgehead atoms. The minimum absolute atomic E-state index is 0.120. The molecular weight excluding hydrogens is 372 g/mol. The van der Waals surface area contributed by atoms with Gasteiger partial charge in [-0.05, 0) is 43.0 Å². The van der Waals surface area contributed by atoms with E-state index in [2.05, 4.69) is 25.2 Å². The van der Waals surface area contributed by atoms with Crippen molar-refractivity contribution >= 4 is 34.7 Å². The Kier molecular flexibility index (Phi) is 5.21. The smallest absolute Gasteiger partial charge is 0.264 e. The molecule has 8 heteroatoms. The van der Waals surface area contributed by atoms with Crippen molar-refractivity contribution in [1.29, 1.82) is 0 Å². The number of carbonyl (C=O) groups excluding carboxylic acids is 1. The molecule has 3 aromatic rings. The quantitative estimate of drug-likeness (QED) is 0.732. The summed E-state index contributed by atoms with van der Waals surface area (Å²) in [5.41, 5.74) is 1.14. The normalized spacial score (nSPS) is 14.2. The number of pyridine rings is 1. The second-order valence-electron chi connectivity index (χ2n) is 6.77. The zero-order chi connectivity index (χ0) is 19.5. The Morgan fingerprint density at radius 1 is 1.07 bits per heavy atom. The van der Waals surface area contributed by atoms with Gasteiger partial charge in [0.25, 0.3) is 5.91 Å². The van der Waals surface area contributed by atoms with Crippen molar-refractivity contribution in [3.05, 3.63) is 58.2 Å². The SMILES string of the molecule is Cc1csc(C(=O)N2CCN(c3cc(Nc4ccccn4)nc(C)n3)CC2)c1. The molecule has 1 N–H and O–H groups in total. The highest BCUT2D eigenvalue weighted by atomic mass is 32.1. The summed E-state index contributed by atoms with van der Waals surface area (Å²) < 4.78 is 0. The molecule has 4 rings (SSSR count). The predicted molar refractivity (Wildman–Crippen MR) is 111 cm³/mol. The third-order valence-electron chi connectivity index (χ3n) is 4.58. The molecule has 1 fully saturated rings. The van der Waals surface area contributed by atoms with Crippen molar-refractivity contribution < 1.29 is 4.79 Å². The Bertz CT molecular complexity index is 966. The summed E-state index contributed by atoms with van der Waals surface area (Å²) in [6.45, 7) is 6.75. The first-order valence-corrected chi connectivity index (χ1v) is 10.1. The number of nitrogens with zero attached hydrogens (tertiary/aromatic N) is 5. The molecule has 4 heterocycles. The van der Waals surface area contributed by atoms with Gasteiger partial charge in [0, 0.05) is 38.4 Å². The van der Waals surface area contributed by atoms with Gasteiger partial charge in [0.05, 0.1) is 4.88 Å². The minimum atomic E-state index is 0.120. The molecule has 1 saturated heterocycles. The lowest BCUT2D eigenvalue weighted by Gasteiger charge is -2.35. The molecule has 28 heavy (non-hydrogen) atoms. The van der Waals surface area contributed by atoms with E-state index in [9.17, 15) is 4.79 Å². The zero-order valence-corrected chi connectivity index (χ0v) is 16.7. The molecule has 0 atom stereocenters. The molecule has 0 spiro atoms. The standard InChI is InChI=1S/C20H22N6OS/c1-14-11-16(28-13-14)20(27)26-9-7-25(8-10-26)19-12-18(22-15(2)23-19)24-17-5-3-4-6-21-17/h3-6,11-13H,7-10H2,1-2H3,(H,21,22,23,24). The van der Waals surface area contributed by atoms with Crippen LogP contribution in [0.2, 0.25) is 0 Å². The van der Waals surface area contributed by atoms with Crippen LogP contribution < -0.4 is 10.2 Å². The lowest BCUT2D eigenvalue weighted by atomic mass is 10.2. The van der Waals surface area contributed by atoms with E-state index in [1.807, 2.05) is 54.5 Å². The Labute approximate surface area is 168 Å². The highest BCUT2D eigenvalue weighted by molar-refractivity contribution is 7.12. The van der Waals surface area contributed by atoms with E-state index in [1.54, 1.807) is 6.20 Å². The number of hydrogen-bond donors (Lipinski definition) is 1. The predicted octanol–water partition coefficient (Wildman–Crippen LogP) is 3.26. The number of hydrogen-bond acceptors (Lipinski definition) is 7. The largest absolute Gasteiger partial charge is 0.353 e. The van der Waals surface area contributed by atoms with E-state index in [0.29, 0.717) is 24.7 Å². The maximum Gasteiger partial charge on any atom is 0.264 e. The fraction of sp³-hybridized carbons (Fsp3) is 0.300. The molecule has 0 unspecified atom stereocenters. The first-order valence-electron chi connectivity index (χ1n) is 9.21. The number of carbonyl (C=O) groups is 1. The second kappa shape index (κ2) is 7.93. The van der Waals surface area contributed by atoms with Crippen molar-refractivity contribution in [2.75, 3.05) is 36.4 Å². The minimum Gasteiger partial charge on any atom is -0.353 e. The average molecular weight is 395 g/mol. The topological polar surface area (TPSA) is 74.2 Å². The molecule has 7 nitrogen and oxygen atoms in total. The summed E-state index contributed by atoms with van der Waals surface area (Å²) in [5.74, 6) is 3.14. The molecule has 144 valence electrons. The van der Waals surface area contributed by atoms with Crippen LogP contribution in [0, 0.1) is 13.8 Å². The summed E-state index contributed by atoms with van der Waals surface area (Å²) in [5, 5.41) is 5.24. The van der Waals surface area contributed by atoms with Gasteiger partial charge in [-0.1, -0.05) is 6.07 Å². The van der Waals surface area contributed by atoms with Gasteiger partial charge in [-0.15, -0.1) is 11.3 Å². The summed E-state index contributed by atoms with van der Waals surface area (Å²) >= 11 is 1.51. The molecule has 3 aromatic heterocycles. The Balaban J connectivity index is 1.43. The van der Waals surface area contributed by atoms with Gasteiger partial charge in [0.15, 0.2) is 0 Å². The van der Waals surface area contributed by atoms with E-state index >= 15 is 0 Å². The van der Waals surface area contributed by atoms with Crippen LogP contribution in [0.1, 0.15) is 21.1 Å². The van der Waals surface area contributed by atoms with Crippen LogP contribution in [-0.4, -0.2) is 51.9 Å². The van der Waals surface area contributed by atoms with E-state index in [1.165, 1.54) is 11.3 Å². The number of nitrogens with one attached hydrogen (secondary N) is 1. The van der Waals surface area contributed by atoms with E-state index in [0.717, 1.165) is 35.2 Å². The first-order chi connectivity index (χ1) is 13.6. The second-order valence-corrected chi connectivity index (χ2v) is 7.68. The third kappa shape index (κ3) is 4.12. The van der Waals surface area contributed by atoms with Gasteiger partial charge >= 0.3 is 0 Å². The number of amides is 1. The number of thiophene rings is 1. The van der Waals surface area contributed by atoms with Crippen molar-refractivity contribution in [2.24, 2.45) is 0 Å². The van der Waals surface area contributed by atoms with Crippen molar-refractivity contribution in [1.82, 2.24) is 19.9 Å². The van der Waals surface area contributed by atoms with Gasteiger partial charge < -0.3 is 15.1 Å². The van der Waals surface area contributed by atoms with Crippen molar-refractivity contribution in [3.63, 3.8) is 0 Å². The van der Waals surface area contributed by atoms with Gasteiger partial charge in [-0.25, -0.2) is 15.0 Å². The Hall–Kier alpha value is -3.00. The van der Waals surface area contributed by atoms with Crippen LogP contribution in [-0.2, 0) is 0 Å². The summed E-state index contributed by atoms with van der Waals surface area (Å²) in [7, 11) is 0. The lowest BCUT2D eigenvalue weighted by molar-refractivity contribution is 0.0751. The number of anilines is 3. The van der Waals surface area contributed by atoms with Crippen LogP contribution >= 0.6 is 11.3 Å². The van der Waals surface area contributed by atoms with Crippen molar-refractivity contribution in [2.45, 2.75) is 13.8 Å². The molecule has 1 amide bonds.